The number of carbonyl (C=O) groups is 1. The molecule has 0 saturated carbocycles. The third kappa shape index (κ3) is 1.15. The zero-order valence-corrected chi connectivity index (χ0v) is 7.16. The molecule has 0 bridgehead atoms. The summed E-state index contributed by atoms with van der Waals surface area (Å²) in [6.07, 6.45) is 3.01. The molecule has 1 aliphatic rings. The van der Waals surface area contributed by atoms with Crippen molar-refractivity contribution in [2.75, 3.05) is 0 Å². The first-order chi connectivity index (χ1) is 5.79. The lowest BCUT2D eigenvalue weighted by atomic mass is 10.00. The number of fused-ring (bicyclic) bond motifs is 1. The van der Waals surface area contributed by atoms with Crippen LogP contribution in [0.1, 0.15) is 17.8 Å². The van der Waals surface area contributed by atoms with Crippen LogP contribution in [0.15, 0.2) is 6.07 Å². The Labute approximate surface area is 71.4 Å². The normalized spacial score (nSPS) is 21.9. The van der Waals surface area contributed by atoms with E-state index in [4.69, 9.17) is 0 Å². The smallest absolute Gasteiger partial charge is 0.124 e. The number of hydrogen-bond acceptors (Lipinski definition) is 2. The number of nitrogens with zero attached hydrogens (tertiary/aromatic N) is 2. The Bertz CT molecular complexity index is 303. The summed E-state index contributed by atoms with van der Waals surface area (Å²) in [7, 11) is 0. The van der Waals surface area contributed by atoms with Crippen LogP contribution < -0.4 is 0 Å². The number of carbonyl (C=O) groups excluding carboxylic acids is 1. The second kappa shape index (κ2) is 2.73. The van der Waals surface area contributed by atoms with Gasteiger partial charge in [-0.1, -0.05) is 0 Å². The van der Waals surface area contributed by atoms with Crippen LogP contribution in [0, 0.1) is 12.8 Å². The van der Waals surface area contributed by atoms with E-state index in [-0.39, 0.29) is 5.92 Å². The summed E-state index contributed by atoms with van der Waals surface area (Å²) in [5.74, 6) is 0.178. The summed E-state index contributed by atoms with van der Waals surface area (Å²) in [6, 6.07) is 2.10. The van der Waals surface area contributed by atoms with Gasteiger partial charge in [-0.05, 0) is 25.8 Å². The molecule has 1 unspecified atom stereocenters. The molecule has 0 spiro atoms. The molecule has 0 aliphatic carbocycles. The Hall–Kier alpha value is -1.12. The summed E-state index contributed by atoms with van der Waals surface area (Å²) in [6.45, 7) is 2.76. The monoisotopic (exact) mass is 164 g/mol. The summed E-state index contributed by atoms with van der Waals surface area (Å²) >= 11 is 0. The molecule has 0 radical (unpaired) electrons. The number of rotatable bonds is 1. The Kier molecular flexibility index (Phi) is 1.71. The Morgan fingerprint density at radius 3 is 3.33 bits per heavy atom. The molecule has 0 amide bonds. The van der Waals surface area contributed by atoms with E-state index >= 15 is 0 Å². The highest BCUT2D eigenvalue weighted by atomic mass is 16.1. The van der Waals surface area contributed by atoms with Gasteiger partial charge in [0, 0.05) is 11.6 Å². The largest absolute Gasteiger partial charge is 0.303 e. The molecule has 1 atom stereocenters. The number of aromatic nitrogens is 2. The van der Waals surface area contributed by atoms with Crippen LogP contribution in [0.3, 0.4) is 0 Å². The van der Waals surface area contributed by atoms with E-state index in [9.17, 15) is 4.79 Å². The summed E-state index contributed by atoms with van der Waals surface area (Å²) in [5.41, 5.74) is 2.32. The van der Waals surface area contributed by atoms with Gasteiger partial charge in [-0.15, -0.1) is 0 Å². The van der Waals surface area contributed by atoms with Crippen molar-refractivity contribution in [3.05, 3.63) is 17.5 Å². The summed E-state index contributed by atoms with van der Waals surface area (Å²) in [4.78, 5) is 10.5. The van der Waals surface area contributed by atoms with Crippen LogP contribution in [-0.2, 0) is 17.8 Å². The molecule has 0 saturated heterocycles. The zero-order chi connectivity index (χ0) is 8.55. The van der Waals surface area contributed by atoms with Crippen LogP contribution in [-0.4, -0.2) is 16.1 Å². The van der Waals surface area contributed by atoms with Crippen molar-refractivity contribution < 1.29 is 4.79 Å². The van der Waals surface area contributed by atoms with Gasteiger partial charge in [-0.2, -0.15) is 5.10 Å². The minimum Gasteiger partial charge on any atom is -0.303 e. The Balaban J connectivity index is 2.28. The van der Waals surface area contributed by atoms with Crippen molar-refractivity contribution in [1.82, 2.24) is 9.78 Å². The van der Waals surface area contributed by atoms with E-state index in [2.05, 4.69) is 11.2 Å². The topological polar surface area (TPSA) is 34.9 Å². The molecule has 2 rings (SSSR count). The fourth-order valence-electron chi connectivity index (χ4n) is 1.72. The molecule has 0 aromatic carbocycles. The van der Waals surface area contributed by atoms with Gasteiger partial charge in [0.1, 0.15) is 6.29 Å². The first kappa shape index (κ1) is 7.53. The summed E-state index contributed by atoms with van der Waals surface area (Å²) < 4.78 is 1.96. The quantitative estimate of drug-likeness (QED) is 0.579. The third-order valence-corrected chi connectivity index (χ3v) is 2.36. The molecule has 2 heterocycles. The van der Waals surface area contributed by atoms with Gasteiger partial charge in [0.15, 0.2) is 0 Å². The molecule has 1 aromatic heterocycles. The van der Waals surface area contributed by atoms with Gasteiger partial charge in [0.2, 0.25) is 0 Å². The average molecular weight is 164 g/mol. The maximum atomic E-state index is 10.5. The average Bonchev–Trinajstić information content (AvgIpc) is 2.43. The lowest BCUT2D eigenvalue weighted by molar-refractivity contribution is -0.111. The van der Waals surface area contributed by atoms with Crippen molar-refractivity contribution in [1.29, 1.82) is 0 Å². The number of aldehydes is 1. The van der Waals surface area contributed by atoms with Crippen molar-refractivity contribution >= 4 is 6.29 Å². The standard InChI is InChI=1S/C9H12N2O/c1-7-4-9-3-2-8(6-12)5-11(9)10-7/h4,6,8H,2-3,5H2,1H3. The van der Waals surface area contributed by atoms with Crippen LogP contribution >= 0.6 is 0 Å². The van der Waals surface area contributed by atoms with Crippen LogP contribution in [0.25, 0.3) is 0 Å². The highest BCUT2D eigenvalue weighted by Crippen LogP contribution is 2.18. The zero-order valence-electron chi connectivity index (χ0n) is 7.16. The van der Waals surface area contributed by atoms with Crippen molar-refractivity contribution in [3.63, 3.8) is 0 Å². The second-order valence-corrected chi connectivity index (χ2v) is 3.39. The fourth-order valence-corrected chi connectivity index (χ4v) is 1.72. The van der Waals surface area contributed by atoms with Crippen molar-refractivity contribution in [2.45, 2.75) is 26.3 Å². The van der Waals surface area contributed by atoms with E-state index in [0.29, 0.717) is 0 Å². The Morgan fingerprint density at radius 2 is 2.58 bits per heavy atom. The predicted molar refractivity (Wildman–Crippen MR) is 44.8 cm³/mol. The summed E-state index contributed by atoms with van der Waals surface area (Å²) in [5, 5.41) is 4.31. The van der Waals surface area contributed by atoms with E-state index in [1.54, 1.807) is 0 Å². The van der Waals surface area contributed by atoms with Gasteiger partial charge in [-0.25, -0.2) is 0 Å². The molecule has 0 fully saturated rings. The highest BCUT2D eigenvalue weighted by Gasteiger charge is 2.18. The van der Waals surface area contributed by atoms with Gasteiger partial charge in [-0.3, -0.25) is 4.68 Å². The van der Waals surface area contributed by atoms with Crippen LogP contribution in [0.4, 0.5) is 0 Å². The highest BCUT2D eigenvalue weighted by molar-refractivity contribution is 5.53. The van der Waals surface area contributed by atoms with Crippen LogP contribution in [0.5, 0.6) is 0 Å². The Morgan fingerprint density at radius 1 is 1.75 bits per heavy atom. The molecule has 0 N–H and O–H groups in total. The van der Waals surface area contributed by atoms with Gasteiger partial charge in [0.25, 0.3) is 0 Å². The molecule has 1 aliphatic heterocycles. The van der Waals surface area contributed by atoms with E-state index in [1.165, 1.54) is 5.69 Å². The molecule has 1 aromatic rings. The van der Waals surface area contributed by atoms with E-state index in [0.717, 1.165) is 31.4 Å². The third-order valence-electron chi connectivity index (χ3n) is 2.36. The maximum Gasteiger partial charge on any atom is 0.124 e. The number of hydrogen-bond donors (Lipinski definition) is 0. The van der Waals surface area contributed by atoms with E-state index < -0.39 is 0 Å². The molecule has 64 valence electrons. The first-order valence-electron chi connectivity index (χ1n) is 4.28. The SMILES string of the molecule is Cc1cc2n(n1)CC(C=O)CC2. The molecular formula is C9H12N2O. The van der Waals surface area contributed by atoms with E-state index in [1.807, 2.05) is 11.6 Å². The molecule has 3 heteroatoms. The van der Waals surface area contributed by atoms with Crippen LogP contribution in [0.2, 0.25) is 0 Å². The maximum absolute atomic E-state index is 10.5. The predicted octanol–water partition coefficient (Wildman–Crippen LogP) is 0.953. The minimum absolute atomic E-state index is 0.178. The van der Waals surface area contributed by atoms with Crippen molar-refractivity contribution in [3.8, 4) is 0 Å². The van der Waals surface area contributed by atoms with Gasteiger partial charge < -0.3 is 4.79 Å². The minimum atomic E-state index is 0.178. The van der Waals surface area contributed by atoms with Gasteiger partial charge >= 0.3 is 0 Å². The molecule has 3 nitrogen and oxygen atoms in total. The first-order valence-corrected chi connectivity index (χ1v) is 4.28. The van der Waals surface area contributed by atoms with Crippen molar-refractivity contribution in [2.24, 2.45) is 5.92 Å². The molecule has 12 heavy (non-hydrogen) atoms. The lowest BCUT2D eigenvalue weighted by Gasteiger charge is -2.18. The van der Waals surface area contributed by atoms with Gasteiger partial charge in [0.05, 0.1) is 12.2 Å². The number of aryl methyl sites for hydroxylation is 2. The fraction of sp³-hybridized carbons (Fsp3) is 0.556. The second-order valence-electron chi connectivity index (χ2n) is 3.39. The lowest BCUT2D eigenvalue weighted by Crippen LogP contribution is -2.21. The molecular weight excluding hydrogens is 152 g/mol.